The van der Waals surface area contributed by atoms with Crippen molar-refractivity contribution in [1.82, 2.24) is 0 Å². The minimum atomic E-state index is -0.908. The Hall–Kier alpha value is -1.24. The molecule has 4 aliphatic rings. The summed E-state index contributed by atoms with van der Waals surface area (Å²) in [5.74, 6) is 7.62. The fourth-order valence-corrected chi connectivity index (χ4v) is 6.83. The molecule has 26 heavy (non-hydrogen) atoms. The summed E-state index contributed by atoms with van der Waals surface area (Å²) in [7, 11) is 1.73. The quantitative estimate of drug-likeness (QED) is 0.699. The lowest BCUT2D eigenvalue weighted by Gasteiger charge is -2.62. The summed E-state index contributed by atoms with van der Waals surface area (Å²) in [6.45, 7) is 6.26. The first-order chi connectivity index (χ1) is 12.2. The van der Waals surface area contributed by atoms with E-state index in [1.165, 1.54) is 5.57 Å². The van der Waals surface area contributed by atoms with Gasteiger partial charge >= 0.3 is 0 Å². The number of hydrogen-bond acceptors (Lipinski definition) is 3. The number of rotatable bonds is 1. The molecule has 142 valence electrons. The van der Waals surface area contributed by atoms with Gasteiger partial charge in [-0.05, 0) is 68.9 Å². The predicted molar refractivity (Wildman–Crippen MR) is 102 cm³/mol. The van der Waals surface area contributed by atoms with Crippen LogP contribution in [-0.4, -0.2) is 28.5 Å². The van der Waals surface area contributed by atoms with E-state index in [4.69, 9.17) is 4.74 Å². The highest BCUT2D eigenvalue weighted by Gasteiger charge is 2.68. The van der Waals surface area contributed by atoms with Gasteiger partial charge in [-0.2, -0.15) is 0 Å². The zero-order valence-corrected chi connectivity index (χ0v) is 16.6. The van der Waals surface area contributed by atoms with Gasteiger partial charge in [0.15, 0.2) is 0 Å². The minimum absolute atomic E-state index is 0.195. The Kier molecular flexibility index (Phi) is 3.93. The standard InChI is InChI=1S/C23H32O3/c1-5-10-22(24)12-9-18-19-7-6-16-15-17(26-4)8-11-20(16,2)23(19,25)14-13-21(18,22)3/h6,15,18-19,24-25H,7-9,11-14H2,1-4H3/t18-,19-,20-,21-,22-,23+/m0/s1. The van der Waals surface area contributed by atoms with Gasteiger partial charge in [-0.3, -0.25) is 0 Å². The maximum absolute atomic E-state index is 12.0. The summed E-state index contributed by atoms with van der Waals surface area (Å²) in [5, 5.41) is 23.3. The Bertz CT molecular complexity index is 740. The minimum Gasteiger partial charge on any atom is -0.501 e. The molecule has 4 rings (SSSR count). The first-order valence-electron chi connectivity index (χ1n) is 10.1. The Morgan fingerprint density at radius 3 is 2.58 bits per heavy atom. The van der Waals surface area contributed by atoms with Crippen LogP contribution in [0.3, 0.4) is 0 Å². The fourth-order valence-electron chi connectivity index (χ4n) is 6.83. The van der Waals surface area contributed by atoms with Gasteiger partial charge in [0.1, 0.15) is 5.60 Å². The fraction of sp³-hybridized carbons (Fsp3) is 0.739. The molecule has 0 amide bonds. The van der Waals surface area contributed by atoms with E-state index in [2.05, 4.69) is 37.8 Å². The molecule has 2 saturated carbocycles. The van der Waals surface area contributed by atoms with E-state index in [0.29, 0.717) is 5.92 Å². The van der Waals surface area contributed by atoms with E-state index in [0.717, 1.165) is 50.7 Å². The summed E-state index contributed by atoms with van der Waals surface area (Å²) in [6, 6.07) is 0. The van der Waals surface area contributed by atoms with Crippen LogP contribution in [0.2, 0.25) is 0 Å². The van der Waals surface area contributed by atoms with Crippen molar-refractivity contribution in [2.45, 2.75) is 76.9 Å². The highest BCUT2D eigenvalue weighted by Crippen LogP contribution is 2.68. The normalized spacial score (nSPS) is 49.6. The first kappa shape index (κ1) is 18.1. The van der Waals surface area contributed by atoms with Crippen molar-refractivity contribution in [3.63, 3.8) is 0 Å². The second-order valence-electron chi connectivity index (χ2n) is 9.37. The van der Waals surface area contributed by atoms with Crippen LogP contribution in [0.1, 0.15) is 65.7 Å². The van der Waals surface area contributed by atoms with Crippen molar-refractivity contribution in [3.8, 4) is 11.8 Å². The summed E-state index contributed by atoms with van der Waals surface area (Å²) in [6.07, 6.45) is 10.4. The third-order valence-electron chi connectivity index (χ3n) is 8.67. The Morgan fingerprint density at radius 1 is 1.12 bits per heavy atom. The predicted octanol–water partition coefficient (Wildman–Crippen LogP) is 3.96. The van der Waals surface area contributed by atoms with Crippen molar-refractivity contribution in [2.24, 2.45) is 22.7 Å². The molecule has 0 aromatic rings. The molecule has 0 aromatic heterocycles. The Balaban J connectivity index is 1.76. The van der Waals surface area contributed by atoms with Crippen molar-refractivity contribution < 1.29 is 14.9 Å². The van der Waals surface area contributed by atoms with Crippen LogP contribution in [0.15, 0.2) is 23.5 Å². The van der Waals surface area contributed by atoms with Crippen LogP contribution in [0.4, 0.5) is 0 Å². The zero-order valence-electron chi connectivity index (χ0n) is 16.6. The first-order valence-corrected chi connectivity index (χ1v) is 10.1. The number of ether oxygens (including phenoxy) is 1. The second-order valence-corrected chi connectivity index (χ2v) is 9.37. The third-order valence-corrected chi connectivity index (χ3v) is 8.67. The smallest absolute Gasteiger partial charge is 0.131 e. The van der Waals surface area contributed by atoms with Gasteiger partial charge < -0.3 is 14.9 Å². The van der Waals surface area contributed by atoms with Crippen LogP contribution in [0.25, 0.3) is 0 Å². The van der Waals surface area contributed by atoms with Crippen molar-refractivity contribution in [2.75, 3.05) is 7.11 Å². The topological polar surface area (TPSA) is 49.7 Å². The van der Waals surface area contributed by atoms with Crippen LogP contribution in [0, 0.1) is 34.5 Å². The SMILES string of the molecule is CC#C[C@]1(O)CC[C@H]2[C@@H]3CC=C4C=C(OC)CC[C@]4(C)[C@@]3(O)CC[C@@]21C. The van der Waals surface area contributed by atoms with Gasteiger partial charge in [-0.25, -0.2) is 0 Å². The maximum atomic E-state index is 12.0. The summed E-state index contributed by atoms with van der Waals surface area (Å²) in [4.78, 5) is 0. The molecule has 0 spiro atoms. The van der Waals surface area contributed by atoms with Gasteiger partial charge in [0.05, 0.1) is 18.5 Å². The average Bonchev–Trinajstić information content (AvgIpc) is 2.87. The molecule has 0 aliphatic heterocycles. The second kappa shape index (κ2) is 5.63. The Labute approximate surface area is 157 Å². The monoisotopic (exact) mass is 356 g/mol. The number of aliphatic hydroxyl groups is 2. The molecule has 3 nitrogen and oxygen atoms in total. The maximum Gasteiger partial charge on any atom is 0.131 e. The van der Waals surface area contributed by atoms with Gasteiger partial charge in [-0.15, -0.1) is 5.92 Å². The zero-order chi connectivity index (χ0) is 18.8. The van der Waals surface area contributed by atoms with E-state index in [-0.39, 0.29) is 16.7 Å². The molecule has 6 atom stereocenters. The molecule has 0 radical (unpaired) electrons. The summed E-state index contributed by atoms with van der Waals surface area (Å²) < 4.78 is 5.48. The number of fused-ring (bicyclic) bond motifs is 5. The van der Waals surface area contributed by atoms with Crippen LogP contribution in [-0.2, 0) is 4.74 Å². The molecular formula is C23H32O3. The number of hydrogen-bond donors (Lipinski definition) is 2. The van der Waals surface area contributed by atoms with E-state index in [1.54, 1.807) is 7.11 Å². The molecule has 2 fully saturated rings. The highest BCUT2D eigenvalue weighted by molar-refractivity contribution is 5.40. The van der Waals surface area contributed by atoms with E-state index >= 15 is 0 Å². The Morgan fingerprint density at radius 2 is 1.88 bits per heavy atom. The summed E-state index contributed by atoms with van der Waals surface area (Å²) in [5.41, 5.74) is -0.826. The molecule has 0 bridgehead atoms. The lowest BCUT2D eigenvalue weighted by Crippen LogP contribution is -2.63. The molecule has 3 heteroatoms. The van der Waals surface area contributed by atoms with E-state index in [9.17, 15) is 10.2 Å². The van der Waals surface area contributed by atoms with Crippen LogP contribution in [0.5, 0.6) is 0 Å². The third kappa shape index (κ3) is 2.04. The largest absolute Gasteiger partial charge is 0.501 e. The molecule has 0 aromatic carbocycles. The average molecular weight is 357 g/mol. The lowest BCUT2D eigenvalue weighted by molar-refractivity contribution is -0.193. The number of methoxy groups -OCH3 is 1. The van der Waals surface area contributed by atoms with Crippen LogP contribution >= 0.6 is 0 Å². The van der Waals surface area contributed by atoms with Gasteiger partial charge in [-0.1, -0.05) is 25.8 Å². The van der Waals surface area contributed by atoms with Gasteiger partial charge in [0, 0.05) is 17.3 Å². The molecule has 2 N–H and O–H groups in total. The highest BCUT2D eigenvalue weighted by atomic mass is 16.5. The van der Waals surface area contributed by atoms with Crippen molar-refractivity contribution in [1.29, 1.82) is 0 Å². The summed E-state index contributed by atoms with van der Waals surface area (Å²) >= 11 is 0. The molecule has 0 unspecified atom stereocenters. The lowest BCUT2D eigenvalue weighted by atomic mass is 9.45. The molecular weight excluding hydrogens is 324 g/mol. The van der Waals surface area contributed by atoms with E-state index < -0.39 is 11.2 Å². The molecule has 0 saturated heterocycles. The van der Waals surface area contributed by atoms with Crippen LogP contribution < -0.4 is 0 Å². The number of allylic oxidation sites excluding steroid dienone is 3. The van der Waals surface area contributed by atoms with Crippen molar-refractivity contribution in [3.05, 3.63) is 23.5 Å². The van der Waals surface area contributed by atoms with E-state index in [1.807, 2.05) is 6.92 Å². The van der Waals surface area contributed by atoms with Gasteiger partial charge in [0.25, 0.3) is 0 Å². The molecule has 4 aliphatic carbocycles. The van der Waals surface area contributed by atoms with Crippen molar-refractivity contribution >= 4 is 0 Å². The molecule has 0 heterocycles. The van der Waals surface area contributed by atoms with Gasteiger partial charge in [0.2, 0.25) is 0 Å².